The number of fused-ring (bicyclic) bond motifs is 1. The van der Waals surface area contributed by atoms with E-state index in [0.29, 0.717) is 11.3 Å². The number of aromatic nitrogens is 4. The number of nitrogens with one attached hydrogen (secondary N) is 1. The lowest BCUT2D eigenvalue weighted by Gasteiger charge is -2.32. The van der Waals surface area contributed by atoms with Crippen molar-refractivity contribution < 1.29 is 14.0 Å². The highest BCUT2D eigenvalue weighted by atomic mass is 16.3. The summed E-state index contributed by atoms with van der Waals surface area (Å²) in [6.07, 6.45) is 10.2. The Labute approximate surface area is 203 Å². The van der Waals surface area contributed by atoms with Crippen molar-refractivity contribution >= 4 is 22.8 Å². The molecule has 2 amide bonds. The van der Waals surface area contributed by atoms with Gasteiger partial charge in [-0.3, -0.25) is 14.6 Å². The lowest BCUT2D eigenvalue weighted by molar-refractivity contribution is -0.143. The van der Waals surface area contributed by atoms with Gasteiger partial charge in [0, 0.05) is 25.0 Å². The molecule has 180 valence electrons. The van der Waals surface area contributed by atoms with Gasteiger partial charge in [0.2, 0.25) is 5.91 Å². The number of amides is 2. The highest BCUT2D eigenvalue weighted by molar-refractivity contribution is 5.89. The first-order valence-electron chi connectivity index (χ1n) is 12.0. The first-order chi connectivity index (χ1) is 17.2. The van der Waals surface area contributed by atoms with E-state index in [9.17, 15) is 9.59 Å². The molecule has 1 aromatic carbocycles. The molecule has 1 saturated carbocycles. The summed E-state index contributed by atoms with van der Waals surface area (Å²) in [7, 11) is 0. The van der Waals surface area contributed by atoms with Crippen molar-refractivity contribution in [2.24, 2.45) is 0 Å². The number of furan rings is 1. The number of nitrogens with zero attached hydrogens (tertiary/aromatic N) is 5. The van der Waals surface area contributed by atoms with Crippen LogP contribution in [0.25, 0.3) is 11.0 Å². The van der Waals surface area contributed by atoms with Crippen molar-refractivity contribution in [3.8, 4) is 0 Å². The Morgan fingerprint density at radius 2 is 1.94 bits per heavy atom. The molecule has 4 aromatic rings. The monoisotopic (exact) mass is 472 g/mol. The molecule has 0 aliphatic heterocycles. The second kappa shape index (κ2) is 10.5. The topological polar surface area (TPSA) is 106 Å². The van der Waals surface area contributed by atoms with Crippen molar-refractivity contribution in [2.75, 3.05) is 0 Å². The van der Waals surface area contributed by atoms with E-state index in [1.165, 1.54) is 12.7 Å². The summed E-state index contributed by atoms with van der Waals surface area (Å²) in [6, 6.07) is 13.8. The zero-order chi connectivity index (χ0) is 24.0. The zero-order valence-electron chi connectivity index (χ0n) is 19.4. The van der Waals surface area contributed by atoms with Gasteiger partial charge in [-0.1, -0.05) is 42.7 Å². The van der Waals surface area contributed by atoms with E-state index in [4.69, 9.17) is 4.42 Å². The molecule has 1 aliphatic carbocycles. The molecule has 3 aromatic heterocycles. The van der Waals surface area contributed by atoms with E-state index in [1.54, 1.807) is 34.1 Å². The maximum absolute atomic E-state index is 13.8. The Bertz CT molecular complexity index is 1260. The fraction of sp³-hybridized carbons (Fsp3) is 0.346. The van der Waals surface area contributed by atoms with Gasteiger partial charge in [-0.15, -0.1) is 5.10 Å². The lowest BCUT2D eigenvalue weighted by Crippen LogP contribution is -2.47. The summed E-state index contributed by atoms with van der Waals surface area (Å²) in [5.41, 5.74) is 2.27. The quantitative estimate of drug-likeness (QED) is 0.420. The van der Waals surface area contributed by atoms with Crippen molar-refractivity contribution in [3.63, 3.8) is 0 Å². The maximum atomic E-state index is 13.8. The molecule has 0 spiro atoms. The van der Waals surface area contributed by atoms with Crippen LogP contribution in [0.15, 0.2) is 71.6 Å². The predicted molar refractivity (Wildman–Crippen MR) is 129 cm³/mol. The van der Waals surface area contributed by atoms with Crippen molar-refractivity contribution in [3.05, 3.63) is 78.5 Å². The number of rotatable bonds is 8. The molecule has 35 heavy (non-hydrogen) atoms. The van der Waals surface area contributed by atoms with Crippen molar-refractivity contribution in [1.82, 2.24) is 30.2 Å². The van der Waals surface area contributed by atoms with Gasteiger partial charge in [0.05, 0.1) is 11.8 Å². The average Bonchev–Trinajstić information content (AvgIpc) is 3.56. The zero-order valence-corrected chi connectivity index (χ0v) is 19.4. The molecule has 0 saturated heterocycles. The van der Waals surface area contributed by atoms with Gasteiger partial charge in [0.1, 0.15) is 17.8 Å². The van der Waals surface area contributed by atoms with E-state index >= 15 is 0 Å². The van der Waals surface area contributed by atoms with E-state index in [-0.39, 0.29) is 30.9 Å². The average molecular weight is 473 g/mol. The van der Waals surface area contributed by atoms with Crippen LogP contribution in [0, 0.1) is 0 Å². The van der Waals surface area contributed by atoms with Gasteiger partial charge >= 0.3 is 0 Å². The third-order valence-corrected chi connectivity index (χ3v) is 6.43. The normalized spacial score (nSPS) is 15.1. The number of pyridine rings is 1. The fourth-order valence-electron chi connectivity index (χ4n) is 4.66. The van der Waals surface area contributed by atoms with E-state index in [2.05, 4.69) is 20.6 Å². The van der Waals surface area contributed by atoms with Gasteiger partial charge in [-0.05, 0) is 48.7 Å². The number of carbonyl (C=O) groups excluding carboxylic acids is 2. The lowest BCUT2D eigenvalue weighted by atomic mass is 9.95. The van der Waals surface area contributed by atoms with Crippen molar-refractivity contribution in [1.29, 1.82) is 0 Å². The smallest absolute Gasteiger partial charge is 0.250 e. The summed E-state index contributed by atoms with van der Waals surface area (Å²) >= 11 is 0. The molecular formula is C26H28N6O3. The minimum absolute atomic E-state index is 0.0608. The van der Waals surface area contributed by atoms with Crippen LogP contribution in [0.4, 0.5) is 0 Å². The van der Waals surface area contributed by atoms with Crippen LogP contribution in [0.3, 0.4) is 0 Å². The summed E-state index contributed by atoms with van der Waals surface area (Å²) in [5.74, 6) is -0.101. The minimum atomic E-state index is -0.922. The molecule has 1 aliphatic rings. The molecule has 1 fully saturated rings. The third kappa shape index (κ3) is 5.24. The van der Waals surface area contributed by atoms with Crippen LogP contribution in [0.1, 0.15) is 49.5 Å². The van der Waals surface area contributed by atoms with Gasteiger partial charge in [-0.2, -0.15) is 0 Å². The Kier molecular flexibility index (Phi) is 6.83. The van der Waals surface area contributed by atoms with Crippen LogP contribution in [-0.4, -0.2) is 42.7 Å². The number of carbonyl (C=O) groups is 2. The van der Waals surface area contributed by atoms with Crippen LogP contribution in [0.2, 0.25) is 0 Å². The highest BCUT2D eigenvalue weighted by Gasteiger charge is 2.35. The standard InChI is InChI=1S/C26H28N6O3/c33-24(18-32-22-12-5-4-11-21(22)29-30-32)31(17-19-8-6-14-27-16-19)25(23-13-7-15-35-23)26(34)28-20-9-2-1-3-10-20/h4-8,11-16,20,25H,1-3,9-10,17-18H2,(H,28,34). The van der Waals surface area contributed by atoms with E-state index < -0.39 is 6.04 Å². The molecule has 9 heteroatoms. The minimum Gasteiger partial charge on any atom is -0.467 e. The molecular weight excluding hydrogens is 444 g/mol. The van der Waals surface area contributed by atoms with Gasteiger partial charge in [0.25, 0.3) is 5.91 Å². The second-order valence-electron chi connectivity index (χ2n) is 8.88. The Hall–Kier alpha value is -4.01. The number of hydrogen-bond donors (Lipinski definition) is 1. The summed E-state index contributed by atoms with van der Waals surface area (Å²) in [6.45, 7) is 0.136. The van der Waals surface area contributed by atoms with Crippen molar-refractivity contribution in [2.45, 2.75) is 57.3 Å². The predicted octanol–water partition coefficient (Wildman–Crippen LogP) is 3.64. The van der Waals surface area contributed by atoms with Gasteiger partial charge in [-0.25, -0.2) is 4.68 Å². The molecule has 5 rings (SSSR count). The number of benzene rings is 1. The molecule has 1 atom stereocenters. The van der Waals surface area contributed by atoms with Gasteiger partial charge < -0.3 is 14.6 Å². The van der Waals surface area contributed by atoms with Crippen LogP contribution >= 0.6 is 0 Å². The Morgan fingerprint density at radius 3 is 2.71 bits per heavy atom. The van der Waals surface area contributed by atoms with Crippen LogP contribution < -0.4 is 5.32 Å². The summed E-state index contributed by atoms with van der Waals surface area (Å²) in [5, 5.41) is 11.5. The largest absolute Gasteiger partial charge is 0.467 e. The maximum Gasteiger partial charge on any atom is 0.250 e. The van der Waals surface area contributed by atoms with E-state index in [1.807, 2.05) is 36.4 Å². The molecule has 3 heterocycles. The number of para-hydroxylation sites is 1. The first kappa shape index (κ1) is 22.8. The summed E-state index contributed by atoms with van der Waals surface area (Å²) in [4.78, 5) is 33.2. The second-order valence-corrected chi connectivity index (χ2v) is 8.88. The number of hydrogen-bond acceptors (Lipinski definition) is 6. The Morgan fingerprint density at radius 1 is 1.09 bits per heavy atom. The molecule has 9 nitrogen and oxygen atoms in total. The van der Waals surface area contributed by atoms with Gasteiger partial charge in [0.15, 0.2) is 6.04 Å². The van der Waals surface area contributed by atoms with Crippen LogP contribution in [-0.2, 0) is 22.7 Å². The SMILES string of the molecule is O=C(NC1CCCCC1)C(c1ccco1)N(Cc1cccnc1)C(=O)Cn1nnc2ccccc21. The molecule has 0 radical (unpaired) electrons. The van der Waals surface area contributed by atoms with Crippen LogP contribution in [0.5, 0.6) is 0 Å². The molecule has 1 unspecified atom stereocenters. The molecule has 0 bridgehead atoms. The summed E-state index contributed by atoms with van der Waals surface area (Å²) < 4.78 is 7.24. The first-order valence-corrected chi connectivity index (χ1v) is 12.0. The van der Waals surface area contributed by atoms with E-state index in [0.717, 1.165) is 36.8 Å². The fourth-order valence-corrected chi connectivity index (χ4v) is 4.66. The Balaban J connectivity index is 1.47. The molecule has 1 N–H and O–H groups in total. The highest BCUT2D eigenvalue weighted by Crippen LogP contribution is 2.26. The third-order valence-electron chi connectivity index (χ3n) is 6.43.